The molecule has 0 spiro atoms. The molecular formula is C12H11N3O2S. The summed E-state index contributed by atoms with van der Waals surface area (Å²) in [4.78, 5) is 19.3. The van der Waals surface area contributed by atoms with Crippen molar-refractivity contribution >= 4 is 33.3 Å². The molecule has 0 aliphatic heterocycles. The zero-order valence-electron chi connectivity index (χ0n) is 9.41. The normalized spacial score (nSPS) is 22.4. The van der Waals surface area contributed by atoms with Crippen LogP contribution in [-0.2, 0) is 4.79 Å². The van der Waals surface area contributed by atoms with E-state index in [1.807, 2.05) is 17.5 Å². The number of anilines is 1. The number of hydrogen-bond donors (Lipinski definition) is 2. The molecule has 2 unspecified atom stereocenters. The van der Waals surface area contributed by atoms with Crippen molar-refractivity contribution in [3.63, 3.8) is 0 Å². The van der Waals surface area contributed by atoms with Crippen LogP contribution in [0.15, 0.2) is 29.9 Å². The summed E-state index contributed by atoms with van der Waals surface area (Å²) in [6, 6.07) is 1.96. The first kappa shape index (κ1) is 11.2. The molecule has 5 nitrogen and oxygen atoms in total. The van der Waals surface area contributed by atoms with Crippen LogP contribution in [-0.4, -0.2) is 27.1 Å². The van der Waals surface area contributed by atoms with Crippen molar-refractivity contribution in [3.05, 3.63) is 29.9 Å². The lowest BCUT2D eigenvalue weighted by Crippen LogP contribution is -2.19. The molecule has 0 saturated carbocycles. The van der Waals surface area contributed by atoms with Crippen molar-refractivity contribution in [2.75, 3.05) is 5.32 Å². The highest BCUT2D eigenvalue weighted by molar-refractivity contribution is 7.17. The van der Waals surface area contributed by atoms with E-state index in [0.29, 0.717) is 6.42 Å². The molecule has 1 aliphatic rings. The van der Waals surface area contributed by atoms with Crippen LogP contribution < -0.4 is 5.32 Å². The van der Waals surface area contributed by atoms with Gasteiger partial charge in [-0.3, -0.25) is 4.79 Å². The zero-order valence-corrected chi connectivity index (χ0v) is 10.2. The van der Waals surface area contributed by atoms with E-state index in [1.165, 1.54) is 6.33 Å². The summed E-state index contributed by atoms with van der Waals surface area (Å²) < 4.78 is 1.00. The number of carbonyl (C=O) groups is 1. The lowest BCUT2D eigenvalue weighted by molar-refractivity contribution is -0.140. The summed E-state index contributed by atoms with van der Waals surface area (Å²) >= 11 is 1.58. The number of aromatic nitrogens is 2. The van der Waals surface area contributed by atoms with Crippen molar-refractivity contribution in [1.29, 1.82) is 0 Å². The third-order valence-corrected chi connectivity index (χ3v) is 3.88. The molecule has 3 rings (SSSR count). The predicted octanol–water partition coefficient (Wildman–Crippen LogP) is 2.13. The average molecular weight is 261 g/mol. The van der Waals surface area contributed by atoms with Gasteiger partial charge in [0.15, 0.2) is 0 Å². The Kier molecular flexibility index (Phi) is 2.71. The highest BCUT2D eigenvalue weighted by Crippen LogP contribution is 2.28. The number of fused-ring (bicyclic) bond motifs is 1. The van der Waals surface area contributed by atoms with Gasteiger partial charge in [-0.2, -0.15) is 0 Å². The Morgan fingerprint density at radius 1 is 1.44 bits per heavy atom. The fraction of sp³-hybridized carbons (Fsp3) is 0.250. The zero-order chi connectivity index (χ0) is 12.5. The van der Waals surface area contributed by atoms with Crippen molar-refractivity contribution in [2.24, 2.45) is 5.92 Å². The topological polar surface area (TPSA) is 75.1 Å². The van der Waals surface area contributed by atoms with E-state index in [-0.39, 0.29) is 6.04 Å². The molecule has 2 heterocycles. The number of nitrogens with one attached hydrogen (secondary N) is 1. The van der Waals surface area contributed by atoms with Gasteiger partial charge in [0.25, 0.3) is 0 Å². The number of rotatable bonds is 3. The third-order valence-electron chi connectivity index (χ3n) is 2.97. The van der Waals surface area contributed by atoms with Crippen molar-refractivity contribution in [3.8, 4) is 0 Å². The lowest BCUT2D eigenvalue weighted by atomic mass is 10.1. The molecule has 0 amide bonds. The molecule has 0 bridgehead atoms. The van der Waals surface area contributed by atoms with E-state index in [4.69, 9.17) is 5.11 Å². The second-order valence-corrected chi connectivity index (χ2v) is 5.09. The molecular weight excluding hydrogens is 250 g/mol. The predicted molar refractivity (Wildman–Crippen MR) is 69.7 cm³/mol. The SMILES string of the molecule is O=C(O)C1C=CC(Nc2ncnc3ccsc23)C1. The lowest BCUT2D eigenvalue weighted by Gasteiger charge is -2.12. The quantitative estimate of drug-likeness (QED) is 0.828. The maximum absolute atomic E-state index is 10.9. The van der Waals surface area contributed by atoms with Crippen LogP contribution in [0.4, 0.5) is 5.82 Å². The molecule has 2 atom stereocenters. The van der Waals surface area contributed by atoms with E-state index in [2.05, 4.69) is 15.3 Å². The minimum Gasteiger partial charge on any atom is -0.481 e. The van der Waals surface area contributed by atoms with Crippen LogP contribution in [0, 0.1) is 5.92 Å². The third kappa shape index (κ3) is 1.95. The summed E-state index contributed by atoms with van der Waals surface area (Å²) in [5, 5.41) is 14.2. The van der Waals surface area contributed by atoms with Gasteiger partial charge in [-0.1, -0.05) is 12.2 Å². The van der Waals surface area contributed by atoms with E-state index >= 15 is 0 Å². The first-order chi connectivity index (χ1) is 8.74. The monoisotopic (exact) mass is 261 g/mol. The van der Waals surface area contributed by atoms with E-state index < -0.39 is 11.9 Å². The summed E-state index contributed by atoms with van der Waals surface area (Å²) in [6.07, 6.45) is 5.70. The van der Waals surface area contributed by atoms with Crippen LogP contribution >= 0.6 is 11.3 Å². The minimum absolute atomic E-state index is 0.0197. The van der Waals surface area contributed by atoms with Crippen LogP contribution in [0.3, 0.4) is 0 Å². The molecule has 0 radical (unpaired) electrons. The Labute approximate surface area is 107 Å². The Balaban J connectivity index is 1.80. The van der Waals surface area contributed by atoms with Gasteiger partial charge in [-0.05, 0) is 17.9 Å². The van der Waals surface area contributed by atoms with Crippen LogP contribution in [0.5, 0.6) is 0 Å². The molecule has 6 heteroatoms. The first-order valence-electron chi connectivity index (χ1n) is 5.60. The Hall–Kier alpha value is -1.95. The van der Waals surface area contributed by atoms with Crippen molar-refractivity contribution in [2.45, 2.75) is 12.5 Å². The highest BCUT2D eigenvalue weighted by Gasteiger charge is 2.24. The number of carboxylic acids is 1. The van der Waals surface area contributed by atoms with Crippen molar-refractivity contribution in [1.82, 2.24) is 9.97 Å². The summed E-state index contributed by atoms with van der Waals surface area (Å²) in [6.45, 7) is 0. The maximum Gasteiger partial charge on any atom is 0.310 e. The molecule has 2 aromatic rings. The average Bonchev–Trinajstić information content (AvgIpc) is 2.97. The molecule has 0 fully saturated rings. The molecule has 1 aliphatic carbocycles. The van der Waals surface area contributed by atoms with Crippen LogP contribution in [0.2, 0.25) is 0 Å². The Bertz CT molecular complexity index is 623. The Morgan fingerprint density at radius 2 is 2.33 bits per heavy atom. The molecule has 2 aromatic heterocycles. The number of thiophene rings is 1. The first-order valence-corrected chi connectivity index (χ1v) is 6.48. The maximum atomic E-state index is 10.9. The van der Waals surface area contributed by atoms with E-state index in [1.54, 1.807) is 17.4 Å². The van der Waals surface area contributed by atoms with Crippen LogP contribution in [0.1, 0.15) is 6.42 Å². The summed E-state index contributed by atoms with van der Waals surface area (Å²) in [5.74, 6) is -0.404. The second kappa shape index (κ2) is 4.38. The van der Waals surface area contributed by atoms with Gasteiger partial charge in [0.1, 0.15) is 12.1 Å². The van der Waals surface area contributed by atoms with E-state index in [0.717, 1.165) is 16.0 Å². The fourth-order valence-electron chi connectivity index (χ4n) is 2.06. The van der Waals surface area contributed by atoms with E-state index in [9.17, 15) is 4.79 Å². The molecule has 0 saturated heterocycles. The van der Waals surface area contributed by atoms with Gasteiger partial charge < -0.3 is 10.4 Å². The Morgan fingerprint density at radius 3 is 3.11 bits per heavy atom. The highest BCUT2D eigenvalue weighted by atomic mass is 32.1. The fourth-order valence-corrected chi connectivity index (χ4v) is 2.85. The minimum atomic E-state index is -0.778. The number of aliphatic carboxylic acids is 1. The second-order valence-electron chi connectivity index (χ2n) is 4.17. The molecule has 2 N–H and O–H groups in total. The van der Waals surface area contributed by atoms with Gasteiger partial charge in [0, 0.05) is 6.04 Å². The summed E-state index contributed by atoms with van der Waals surface area (Å²) in [7, 11) is 0. The summed E-state index contributed by atoms with van der Waals surface area (Å²) in [5.41, 5.74) is 0.911. The van der Waals surface area contributed by atoms with Gasteiger partial charge in [-0.25, -0.2) is 9.97 Å². The molecule has 92 valence electrons. The largest absolute Gasteiger partial charge is 0.481 e. The number of carboxylic acid groups (broad SMARTS) is 1. The van der Waals surface area contributed by atoms with Gasteiger partial charge in [0.05, 0.1) is 16.1 Å². The van der Waals surface area contributed by atoms with Gasteiger partial charge in [0.2, 0.25) is 0 Å². The standard InChI is InChI=1S/C12H11N3O2S/c16-12(17)7-1-2-8(5-7)15-11-10-9(3-4-18-10)13-6-14-11/h1-4,6-8H,5H2,(H,16,17)(H,13,14,15). The van der Waals surface area contributed by atoms with Crippen LogP contribution in [0.25, 0.3) is 10.2 Å². The molecule has 0 aromatic carbocycles. The smallest absolute Gasteiger partial charge is 0.310 e. The number of nitrogens with zero attached hydrogens (tertiary/aromatic N) is 2. The van der Waals surface area contributed by atoms with Gasteiger partial charge >= 0.3 is 5.97 Å². The molecule has 18 heavy (non-hydrogen) atoms. The van der Waals surface area contributed by atoms with Gasteiger partial charge in [-0.15, -0.1) is 11.3 Å². The van der Waals surface area contributed by atoms with Crippen molar-refractivity contribution < 1.29 is 9.90 Å². The number of hydrogen-bond acceptors (Lipinski definition) is 5.